The van der Waals surface area contributed by atoms with Gasteiger partial charge in [0.15, 0.2) is 0 Å². The molecule has 1 aromatic rings. The van der Waals surface area contributed by atoms with Gasteiger partial charge in [0, 0.05) is 19.6 Å². The number of nitrogens with zero attached hydrogens (tertiary/aromatic N) is 3. The maximum absolute atomic E-state index is 5.51. The first-order valence-electron chi connectivity index (χ1n) is 6.62. The molecular formula is C12H22N4O2. The van der Waals surface area contributed by atoms with E-state index in [2.05, 4.69) is 29.3 Å². The van der Waals surface area contributed by atoms with Crippen LogP contribution < -0.4 is 10.2 Å². The maximum atomic E-state index is 5.51. The van der Waals surface area contributed by atoms with Gasteiger partial charge in [-0.25, -0.2) is 0 Å². The zero-order valence-corrected chi connectivity index (χ0v) is 11.3. The molecule has 1 aliphatic rings. The quantitative estimate of drug-likeness (QED) is 0.817. The third-order valence-electron chi connectivity index (χ3n) is 3.30. The summed E-state index contributed by atoms with van der Waals surface area (Å²) in [7, 11) is 1.95. The van der Waals surface area contributed by atoms with Crippen molar-refractivity contribution in [3.63, 3.8) is 0 Å². The van der Waals surface area contributed by atoms with Crippen molar-refractivity contribution >= 4 is 5.95 Å². The number of rotatable bonds is 6. The van der Waals surface area contributed by atoms with E-state index in [-0.39, 0.29) is 12.0 Å². The Hall–Kier alpha value is -1.14. The minimum atomic E-state index is 0.169. The van der Waals surface area contributed by atoms with Gasteiger partial charge >= 0.3 is 0 Å². The van der Waals surface area contributed by atoms with Crippen LogP contribution in [-0.4, -0.2) is 49.5 Å². The Morgan fingerprint density at radius 1 is 1.39 bits per heavy atom. The molecule has 2 unspecified atom stereocenters. The topological polar surface area (TPSA) is 63.4 Å². The summed E-state index contributed by atoms with van der Waals surface area (Å²) in [4.78, 5) is 6.41. The molecule has 1 N–H and O–H groups in total. The van der Waals surface area contributed by atoms with E-state index < -0.39 is 0 Å². The van der Waals surface area contributed by atoms with Gasteiger partial charge in [-0.05, 0) is 25.0 Å². The van der Waals surface area contributed by atoms with E-state index in [1.54, 1.807) is 0 Å². The number of anilines is 1. The Morgan fingerprint density at radius 3 is 2.94 bits per heavy atom. The fourth-order valence-corrected chi connectivity index (χ4v) is 2.00. The van der Waals surface area contributed by atoms with Crippen molar-refractivity contribution in [2.24, 2.45) is 0 Å². The molecule has 2 heterocycles. The van der Waals surface area contributed by atoms with Crippen molar-refractivity contribution in [2.45, 2.75) is 32.2 Å². The fraction of sp³-hybridized carbons (Fsp3) is 0.833. The first-order chi connectivity index (χ1) is 8.76. The summed E-state index contributed by atoms with van der Waals surface area (Å²) in [6.07, 6.45) is 1.11. The lowest BCUT2D eigenvalue weighted by Gasteiger charge is -2.15. The zero-order chi connectivity index (χ0) is 13.0. The Balaban J connectivity index is 2.03. The van der Waals surface area contributed by atoms with Crippen LogP contribution in [0.15, 0.2) is 4.52 Å². The first kappa shape index (κ1) is 13.3. The lowest BCUT2D eigenvalue weighted by molar-refractivity contribution is 0.184. The number of ether oxygens (including phenoxy) is 1. The van der Waals surface area contributed by atoms with Crippen molar-refractivity contribution in [1.82, 2.24) is 15.5 Å². The molecule has 1 aliphatic heterocycles. The molecule has 1 aromatic heterocycles. The molecule has 1 fully saturated rings. The van der Waals surface area contributed by atoms with Crippen molar-refractivity contribution in [3.05, 3.63) is 5.89 Å². The Labute approximate surface area is 108 Å². The third kappa shape index (κ3) is 2.81. The van der Waals surface area contributed by atoms with E-state index >= 15 is 0 Å². The highest BCUT2D eigenvalue weighted by Gasteiger charge is 2.33. The summed E-state index contributed by atoms with van der Waals surface area (Å²) in [5, 5.41) is 7.47. The SMILES string of the molecule is CCCNC1COCC1c1nc(N(C)CC)no1. The van der Waals surface area contributed by atoms with Gasteiger partial charge in [0.1, 0.15) is 0 Å². The van der Waals surface area contributed by atoms with Gasteiger partial charge in [-0.3, -0.25) is 0 Å². The van der Waals surface area contributed by atoms with Crippen LogP contribution in [0.25, 0.3) is 0 Å². The molecule has 102 valence electrons. The average Bonchev–Trinajstić information content (AvgIpc) is 3.03. The number of nitrogens with one attached hydrogen (secondary N) is 1. The van der Waals surface area contributed by atoms with E-state index in [4.69, 9.17) is 9.26 Å². The summed E-state index contributed by atoms with van der Waals surface area (Å²) in [6.45, 7) is 7.42. The van der Waals surface area contributed by atoms with E-state index in [1.807, 2.05) is 11.9 Å². The smallest absolute Gasteiger partial charge is 0.265 e. The van der Waals surface area contributed by atoms with E-state index in [9.17, 15) is 0 Å². The molecule has 2 atom stereocenters. The summed E-state index contributed by atoms with van der Waals surface area (Å²) in [5.74, 6) is 1.49. The molecule has 2 rings (SSSR count). The highest BCUT2D eigenvalue weighted by molar-refractivity contribution is 5.26. The highest BCUT2D eigenvalue weighted by Crippen LogP contribution is 2.25. The molecule has 0 spiro atoms. The van der Waals surface area contributed by atoms with Gasteiger partial charge in [0.25, 0.3) is 5.95 Å². The summed E-state index contributed by atoms with van der Waals surface area (Å²) >= 11 is 0. The normalized spacial score (nSPS) is 23.5. The van der Waals surface area contributed by atoms with Gasteiger partial charge in [-0.15, -0.1) is 0 Å². The van der Waals surface area contributed by atoms with Gasteiger partial charge in [0.05, 0.1) is 19.1 Å². The third-order valence-corrected chi connectivity index (χ3v) is 3.30. The largest absolute Gasteiger partial charge is 0.379 e. The molecule has 0 radical (unpaired) electrons. The van der Waals surface area contributed by atoms with E-state index in [0.29, 0.717) is 25.1 Å². The van der Waals surface area contributed by atoms with Gasteiger partial charge < -0.3 is 19.5 Å². The molecule has 0 aliphatic carbocycles. The predicted octanol–water partition coefficient (Wildman–Crippen LogP) is 1.01. The van der Waals surface area contributed by atoms with Gasteiger partial charge in [-0.2, -0.15) is 4.98 Å². The van der Waals surface area contributed by atoms with E-state index in [0.717, 1.165) is 19.5 Å². The van der Waals surface area contributed by atoms with Crippen molar-refractivity contribution in [3.8, 4) is 0 Å². The van der Waals surface area contributed by atoms with Crippen LogP contribution in [-0.2, 0) is 4.74 Å². The van der Waals surface area contributed by atoms with Gasteiger partial charge in [-0.1, -0.05) is 6.92 Å². The second-order valence-electron chi connectivity index (χ2n) is 4.65. The monoisotopic (exact) mass is 254 g/mol. The second kappa shape index (κ2) is 6.15. The van der Waals surface area contributed by atoms with Crippen LogP contribution in [0.2, 0.25) is 0 Å². The Bertz CT molecular complexity index is 369. The summed E-state index contributed by atoms with van der Waals surface area (Å²) < 4.78 is 10.9. The van der Waals surface area contributed by atoms with E-state index in [1.165, 1.54) is 0 Å². The molecular weight excluding hydrogens is 232 g/mol. The molecule has 1 saturated heterocycles. The number of aromatic nitrogens is 2. The fourth-order valence-electron chi connectivity index (χ4n) is 2.00. The number of hydrogen-bond donors (Lipinski definition) is 1. The highest BCUT2D eigenvalue weighted by atomic mass is 16.5. The van der Waals surface area contributed by atoms with Crippen LogP contribution in [0, 0.1) is 0 Å². The Morgan fingerprint density at radius 2 is 2.22 bits per heavy atom. The molecule has 0 saturated carbocycles. The van der Waals surface area contributed by atoms with Crippen molar-refractivity contribution < 1.29 is 9.26 Å². The molecule has 0 bridgehead atoms. The standard InChI is InChI=1S/C12H22N4O2/c1-4-6-13-10-8-17-7-9(10)11-14-12(15-18-11)16(3)5-2/h9-10,13H,4-8H2,1-3H3. The number of hydrogen-bond acceptors (Lipinski definition) is 6. The maximum Gasteiger partial charge on any atom is 0.265 e. The zero-order valence-electron chi connectivity index (χ0n) is 11.3. The van der Waals surface area contributed by atoms with Crippen molar-refractivity contribution in [1.29, 1.82) is 0 Å². The molecule has 0 aromatic carbocycles. The summed E-state index contributed by atoms with van der Waals surface area (Å²) in [6, 6.07) is 0.283. The first-order valence-corrected chi connectivity index (χ1v) is 6.62. The lowest BCUT2D eigenvalue weighted by Crippen LogP contribution is -2.35. The van der Waals surface area contributed by atoms with Crippen LogP contribution >= 0.6 is 0 Å². The van der Waals surface area contributed by atoms with Crippen molar-refractivity contribution in [2.75, 3.05) is 38.3 Å². The molecule has 18 heavy (non-hydrogen) atoms. The minimum Gasteiger partial charge on any atom is -0.379 e. The average molecular weight is 254 g/mol. The van der Waals surface area contributed by atoms with Gasteiger partial charge in [0.2, 0.25) is 5.89 Å². The molecule has 6 nitrogen and oxygen atoms in total. The van der Waals surface area contributed by atoms with Crippen LogP contribution in [0.3, 0.4) is 0 Å². The predicted molar refractivity (Wildman–Crippen MR) is 68.9 cm³/mol. The second-order valence-corrected chi connectivity index (χ2v) is 4.65. The lowest BCUT2D eigenvalue weighted by atomic mass is 10.0. The molecule has 0 amide bonds. The van der Waals surface area contributed by atoms with Crippen LogP contribution in [0.5, 0.6) is 0 Å². The Kier molecular flexibility index (Phi) is 4.54. The molecule has 6 heteroatoms. The minimum absolute atomic E-state index is 0.169. The van der Waals surface area contributed by atoms with Crippen LogP contribution in [0.4, 0.5) is 5.95 Å². The summed E-state index contributed by atoms with van der Waals surface area (Å²) in [5.41, 5.74) is 0. The van der Waals surface area contributed by atoms with Crippen LogP contribution in [0.1, 0.15) is 32.1 Å².